The van der Waals surface area contributed by atoms with E-state index in [9.17, 15) is 4.79 Å². The monoisotopic (exact) mass is 310 g/mol. The average Bonchev–Trinajstić information content (AvgIpc) is 2.56. The number of nitrogens with zero attached hydrogens (tertiary/aromatic N) is 1. The molecule has 0 saturated heterocycles. The van der Waals surface area contributed by atoms with Gasteiger partial charge in [0.1, 0.15) is 0 Å². The van der Waals surface area contributed by atoms with Crippen molar-refractivity contribution in [2.24, 2.45) is 5.73 Å². The minimum Gasteiger partial charge on any atom is -0.341 e. The van der Waals surface area contributed by atoms with Crippen molar-refractivity contribution in [1.82, 2.24) is 4.90 Å². The lowest BCUT2D eigenvalue weighted by molar-refractivity contribution is -0.130. The van der Waals surface area contributed by atoms with Crippen molar-refractivity contribution in [1.29, 1.82) is 0 Å². The van der Waals surface area contributed by atoms with Crippen LogP contribution in [0.25, 0.3) is 0 Å². The predicted molar refractivity (Wildman–Crippen MR) is 95.0 cm³/mol. The highest BCUT2D eigenvalue weighted by atomic mass is 16.2. The first-order valence-electron chi connectivity index (χ1n) is 8.10. The van der Waals surface area contributed by atoms with E-state index in [1.807, 2.05) is 37.4 Å². The van der Waals surface area contributed by atoms with Gasteiger partial charge in [-0.1, -0.05) is 68.4 Å². The van der Waals surface area contributed by atoms with Gasteiger partial charge in [-0.2, -0.15) is 0 Å². The van der Waals surface area contributed by atoms with E-state index in [4.69, 9.17) is 5.73 Å². The van der Waals surface area contributed by atoms with Gasteiger partial charge in [0.15, 0.2) is 0 Å². The first kappa shape index (κ1) is 17.2. The zero-order valence-corrected chi connectivity index (χ0v) is 14.2. The van der Waals surface area contributed by atoms with E-state index in [-0.39, 0.29) is 11.9 Å². The van der Waals surface area contributed by atoms with Crippen molar-refractivity contribution < 1.29 is 4.79 Å². The van der Waals surface area contributed by atoms with Crippen LogP contribution in [0.2, 0.25) is 0 Å². The summed E-state index contributed by atoms with van der Waals surface area (Å²) < 4.78 is 0. The van der Waals surface area contributed by atoms with E-state index in [1.54, 1.807) is 4.90 Å². The molecule has 3 nitrogen and oxygen atoms in total. The number of amides is 1. The smallest absolute Gasteiger partial charge is 0.224 e. The summed E-state index contributed by atoms with van der Waals surface area (Å²) in [5.41, 5.74) is 9.58. The van der Waals surface area contributed by atoms with Crippen molar-refractivity contribution in [3.8, 4) is 0 Å². The number of carbonyl (C=O) groups is 1. The lowest BCUT2D eigenvalue weighted by Crippen LogP contribution is -2.29. The number of rotatable bonds is 6. The van der Waals surface area contributed by atoms with Crippen molar-refractivity contribution >= 4 is 5.91 Å². The van der Waals surface area contributed by atoms with Gasteiger partial charge in [0, 0.05) is 26.1 Å². The maximum Gasteiger partial charge on any atom is 0.224 e. The van der Waals surface area contributed by atoms with Crippen molar-refractivity contribution in [3.63, 3.8) is 0 Å². The summed E-state index contributed by atoms with van der Waals surface area (Å²) in [6.07, 6.45) is 0.324. The number of carbonyl (C=O) groups excluding carboxylic acids is 1. The molecule has 0 radical (unpaired) electrons. The molecule has 0 spiro atoms. The van der Waals surface area contributed by atoms with Gasteiger partial charge in [-0.3, -0.25) is 4.79 Å². The summed E-state index contributed by atoms with van der Waals surface area (Å²) in [5, 5.41) is 0. The summed E-state index contributed by atoms with van der Waals surface area (Å²) in [5.74, 6) is 0.585. The number of hydrogen-bond acceptors (Lipinski definition) is 2. The fourth-order valence-corrected chi connectivity index (χ4v) is 2.53. The summed E-state index contributed by atoms with van der Waals surface area (Å²) in [7, 11) is 1.83. The molecule has 0 aliphatic carbocycles. The van der Waals surface area contributed by atoms with E-state index in [0.29, 0.717) is 18.9 Å². The van der Waals surface area contributed by atoms with E-state index < -0.39 is 0 Å². The molecular formula is C20H26N2O. The SMILES string of the molecule is CC(C)c1ccc(CN(C)C(=O)CC(N)c2ccccc2)cc1. The molecule has 2 aromatic rings. The molecule has 1 amide bonds. The van der Waals surface area contributed by atoms with Gasteiger partial charge < -0.3 is 10.6 Å². The second-order valence-electron chi connectivity index (χ2n) is 6.37. The first-order valence-corrected chi connectivity index (χ1v) is 8.10. The van der Waals surface area contributed by atoms with Crippen LogP contribution in [0.1, 0.15) is 48.9 Å². The van der Waals surface area contributed by atoms with Gasteiger partial charge in [0.25, 0.3) is 0 Å². The molecule has 2 N–H and O–H groups in total. The normalized spacial score (nSPS) is 12.2. The Morgan fingerprint density at radius 3 is 2.17 bits per heavy atom. The standard InChI is InChI=1S/C20H26N2O/c1-15(2)17-11-9-16(10-12-17)14-22(3)20(23)13-19(21)18-7-5-4-6-8-18/h4-12,15,19H,13-14,21H2,1-3H3. The Bertz CT molecular complexity index is 620. The third-order valence-electron chi connectivity index (χ3n) is 4.11. The van der Waals surface area contributed by atoms with Crippen LogP contribution in [0.3, 0.4) is 0 Å². The number of hydrogen-bond donors (Lipinski definition) is 1. The number of nitrogens with two attached hydrogens (primary N) is 1. The fraction of sp³-hybridized carbons (Fsp3) is 0.350. The Labute approximate surface area is 139 Å². The quantitative estimate of drug-likeness (QED) is 0.880. The Morgan fingerprint density at radius 1 is 1.00 bits per heavy atom. The zero-order valence-electron chi connectivity index (χ0n) is 14.2. The van der Waals surface area contributed by atoms with E-state index in [2.05, 4.69) is 38.1 Å². The molecule has 122 valence electrons. The molecule has 0 aliphatic heterocycles. The summed E-state index contributed by atoms with van der Waals surface area (Å²) in [4.78, 5) is 14.1. The molecule has 0 saturated carbocycles. The molecule has 0 aliphatic rings. The Kier molecular flexibility index (Phi) is 5.94. The Morgan fingerprint density at radius 2 is 1.61 bits per heavy atom. The van der Waals surface area contributed by atoms with E-state index in [0.717, 1.165) is 11.1 Å². The molecule has 2 aromatic carbocycles. The highest BCUT2D eigenvalue weighted by molar-refractivity contribution is 5.76. The minimum atomic E-state index is -0.255. The molecule has 0 bridgehead atoms. The van der Waals surface area contributed by atoms with Crippen LogP contribution in [0.5, 0.6) is 0 Å². The summed E-state index contributed by atoms with van der Waals surface area (Å²) >= 11 is 0. The van der Waals surface area contributed by atoms with E-state index in [1.165, 1.54) is 5.56 Å². The fourth-order valence-electron chi connectivity index (χ4n) is 2.53. The van der Waals surface area contributed by atoms with Gasteiger partial charge in [-0.25, -0.2) is 0 Å². The van der Waals surface area contributed by atoms with Crippen LogP contribution in [0.15, 0.2) is 54.6 Å². The summed E-state index contributed by atoms with van der Waals surface area (Å²) in [6.45, 7) is 4.96. The highest BCUT2D eigenvalue weighted by Gasteiger charge is 2.15. The lowest BCUT2D eigenvalue weighted by Gasteiger charge is -2.20. The average molecular weight is 310 g/mol. The summed E-state index contributed by atoms with van der Waals surface area (Å²) in [6, 6.07) is 18.0. The molecule has 3 heteroatoms. The third-order valence-corrected chi connectivity index (χ3v) is 4.11. The molecule has 23 heavy (non-hydrogen) atoms. The first-order chi connectivity index (χ1) is 11.0. The van der Waals surface area contributed by atoms with Crippen LogP contribution >= 0.6 is 0 Å². The molecule has 0 heterocycles. The Hall–Kier alpha value is -2.13. The third kappa shape index (κ3) is 4.93. The molecule has 2 rings (SSSR count). The predicted octanol–water partition coefficient (Wildman–Crippen LogP) is 3.86. The van der Waals surface area contributed by atoms with Gasteiger partial charge in [0.2, 0.25) is 5.91 Å². The second kappa shape index (κ2) is 7.93. The molecule has 1 unspecified atom stereocenters. The van der Waals surface area contributed by atoms with Gasteiger partial charge in [-0.05, 0) is 22.6 Å². The van der Waals surface area contributed by atoms with Gasteiger partial charge in [-0.15, -0.1) is 0 Å². The highest BCUT2D eigenvalue weighted by Crippen LogP contribution is 2.17. The molecule has 1 atom stereocenters. The number of benzene rings is 2. The lowest BCUT2D eigenvalue weighted by atomic mass is 10.0. The van der Waals surface area contributed by atoms with Crippen molar-refractivity contribution in [2.45, 2.75) is 38.8 Å². The van der Waals surface area contributed by atoms with Gasteiger partial charge >= 0.3 is 0 Å². The molecule has 0 fully saturated rings. The van der Waals surface area contributed by atoms with Crippen molar-refractivity contribution in [2.75, 3.05) is 7.05 Å². The second-order valence-corrected chi connectivity index (χ2v) is 6.37. The minimum absolute atomic E-state index is 0.0642. The van der Waals surface area contributed by atoms with Crippen LogP contribution in [-0.4, -0.2) is 17.9 Å². The van der Waals surface area contributed by atoms with Crippen molar-refractivity contribution in [3.05, 3.63) is 71.3 Å². The maximum atomic E-state index is 12.4. The zero-order chi connectivity index (χ0) is 16.8. The van der Waals surface area contributed by atoms with E-state index >= 15 is 0 Å². The molecular weight excluding hydrogens is 284 g/mol. The van der Waals surface area contributed by atoms with Crippen LogP contribution in [0, 0.1) is 0 Å². The maximum absolute atomic E-state index is 12.4. The van der Waals surface area contributed by atoms with Gasteiger partial charge in [0.05, 0.1) is 0 Å². The Balaban J connectivity index is 1.92. The molecule has 0 aromatic heterocycles. The van der Waals surface area contributed by atoms with Crippen LogP contribution in [0.4, 0.5) is 0 Å². The van der Waals surface area contributed by atoms with Crippen LogP contribution in [-0.2, 0) is 11.3 Å². The topological polar surface area (TPSA) is 46.3 Å². The van der Waals surface area contributed by atoms with Crippen LogP contribution < -0.4 is 5.73 Å². The largest absolute Gasteiger partial charge is 0.341 e.